The third-order valence-corrected chi connectivity index (χ3v) is 6.40. The van der Waals surface area contributed by atoms with Gasteiger partial charge in [-0.05, 0) is 49.4 Å². The molecule has 3 atom stereocenters. The van der Waals surface area contributed by atoms with Crippen molar-refractivity contribution >= 4 is 5.91 Å². The number of carbonyl (C=O) groups excluding carboxylic acids is 1. The van der Waals surface area contributed by atoms with E-state index in [-0.39, 0.29) is 23.5 Å². The molecule has 5 nitrogen and oxygen atoms in total. The molecule has 1 aliphatic carbocycles. The van der Waals surface area contributed by atoms with E-state index < -0.39 is 6.10 Å². The van der Waals surface area contributed by atoms with Crippen LogP contribution < -0.4 is 14.8 Å². The number of hydrogen-bond donors (Lipinski definition) is 1. The minimum Gasteiger partial charge on any atom is -0.482 e. The van der Waals surface area contributed by atoms with Crippen LogP contribution in [0.15, 0.2) is 48.5 Å². The molecular formula is C23H25NO4. The summed E-state index contributed by atoms with van der Waals surface area (Å²) in [5, 5.41) is 3.33. The van der Waals surface area contributed by atoms with Gasteiger partial charge in [-0.2, -0.15) is 0 Å². The average Bonchev–Trinajstić information content (AvgIpc) is 3.00. The SMILES string of the molecule is CC1Oc2ccccc2OC1C(=O)NC1c2ccccc2CC12CCOCC2. The summed E-state index contributed by atoms with van der Waals surface area (Å²) >= 11 is 0. The van der Waals surface area contributed by atoms with Gasteiger partial charge in [-0.1, -0.05) is 36.4 Å². The van der Waals surface area contributed by atoms with Gasteiger partial charge in [0.25, 0.3) is 5.91 Å². The van der Waals surface area contributed by atoms with Gasteiger partial charge in [-0.3, -0.25) is 4.79 Å². The van der Waals surface area contributed by atoms with Gasteiger partial charge in [0.2, 0.25) is 6.10 Å². The molecule has 5 rings (SSSR count). The van der Waals surface area contributed by atoms with Crippen LogP contribution >= 0.6 is 0 Å². The zero-order valence-corrected chi connectivity index (χ0v) is 16.0. The second-order valence-electron chi connectivity index (χ2n) is 8.10. The summed E-state index contributed by atoms with van der Waals surface area (Å²) in [7, 11) is 0. The molecule has 0 saturated carbocycles. The Hall–Kier alpha value is -2.53. The molecule has 2 heterocycles. The minimum absolute atomic E-state index is 0.0203. The number of hydrogen-bond acceptors (Lipinski definition) is 4. The van der Waals surface area contributed by atoms with Crippen LogP contribution in [0.1, 0.15) is 36.9 Å². The van der Waals surface area contributed by atoms with Crippen LogP contribution in [0.25, 0.3) is 0 Å². The van der Waals surface area contributed by atoms with Gasteiger partial charge in [0.05, 0.1) is 6.04 Å². The number of carbonyl (C=O) groups is 1. The van der Waals surface area contributed by atoms with E-state index in [2.05, 4.69) is 29.6 Å². The summed E-state index contributed by atoms with van der Waals surface area (Å²) in [4.78, 5) is 13.3. The van der Waals surface area contributed by atoms with Crippen molar-refractivity contribution in [1.82, 2.24) is 5.32 Å². The summed E-state index contributed by atoms with van der Waals surface area (Å²) in [6.45, 7) is 3.37. The zero-order chi connectivity index (χ0) is 19.1. The van der Waals surface area contributed by atoms with Crippen molar-refractivity contribution in [2.75, 3.05) is 13.2 Å². The molecule has 0 aromatic heterocycles. The third kappa shape index (κ3) is 2.85. The fourth-order valence-electron chi connectivity index (χ4n) is 4.89. The zero-order valence-electron chi connectivity index (χ0n) is 16.0. The van der Waals surface area contributed by atoms with E-state index in [1.807, 2.05) is 31.2 Å². The monoisotopic (exact) mass is 379 g/mol. The maximum atomic E-state index is 13.3. The Morgan fingerprint density at radius 3 is 2.46 bits per heavy atom. The molecule has 1 saturated heterocycles. The molecule has 0 radical (unpaired) electrons. The van der Waals surface area contributed by atoms with Gasteiger partial charge in [-0.15, -0.1) is 0 Å². The van der Waals surface area contributed by atoms with Crippen LogP contribution in [0, 0.1) is 5.41 Å². The minimum atomic E-state index is -0.667. The fourth-order valence-corrected chi connectivity index (χ4v) is 4.89. The number of fused-ring (bicyclic) bond motifs is 2. The first kappa shape index (κ1) is 17.6. The van der Waals surface area contributed by atoms with E-state index >= 15 is 0 Å². The maximum absolute atomic E-state index is 13.3. The van der Waals surface area contributed by atoms with Gasteiger partial charge in [-0.25, -0.2) is 0 Å². The highest BCUT2D eigenvalue weighted by Gasteiger charge is 2.48. The lowest BCUT2D eigenvalue weighted by atomic mass is 9.74. The predicted octanol–water partition coefficient (Wildman–Crippen LogP) is 3.43. The van der Waals surface area contributed by atoms with E-state index in [0.29, 0.717) is 11.5 Å². The van der Waals surface area contributed by atoms with E-state index in [4.69, 9.17) is 14.2 Å². The molecule has 1 amide bonds. The molecule has 3 unspecified atom stereocenters. The Balaban J connectivity index is 1.41. The van der Waals surface area contributed by atoms with E-state index in [1.54, 1.807) is 0 Å². The number of nitrogens with one attached hydrogen (secondary N) is 1. The van der Waals surface area contributed by atoms with Crippen molar-refractivity contribution in [3.63, 3.8) is 0 Å². The molecule has 0 bridgehead atoms. The normalized spacial score (nSPS) is 27.2. The van der Waals surface area contributed by atoms with E-state index in [0.717, 1.165) is 32.5 Å². The molecule has 2 aromatic carbocycles. The lowest BCUT2D eigenvalue weighted by molar-refractivity contribution is -0.135. The summed E-state index contributed by atoms with van der Waals surface area (Å²) in [6.07, 6.45) is 1.87. The largest absolute Gasteiger partial charge is 0.482 e. The van der Waals surface area contributed by atoms with Crippen molar-refractivity contribution in [3.05, 3.63) is 59.7 Å². The maximum Gasteiger partial charge on any atom is 0.265 e. The smallest absolute Gasteiger partial charge is 0.265 e. The molecule has 1 spiro atoms. The molecule has 1 N–H and O–H groups in total. The van der Waals surface area contributed by atoms with Crippen LogP contribution in [-0.4, -0.2) is 31.3 Å². The number of benzene rings is 2. The molecular weight excluding hydrogens is 354 g/mol. The molecule has 2 aliphatic heterocycles. The molecule has 5 heteroatoms. The molecule has 2 aromatic rings. The summed E-state index contributed by atoms with van der Waals surface area (Å²) in [5.41, 5.74) is 2.57. The van der Waals surface area contributed by atoms with Gasteiger partial charge >= 0.3 is 0 Å². The van der Waals surface area contributed by atoms with Crippen molar-refractivity contribution < 1.29 is 19.0 Å². The average molecular weight is 379 g/mol. The quantitative estimate of drug-likeness (QED) is 0.869. The Morgan fingerprint density at radius 1 is 1.00 bits per heavy atom. The van der Waals surface area contributed by atoms with Gasteiger partial charge in [0, 0.05) is 18.6 Å². The highest BCUT2D eigenvalue weighted by Crippen LogP contribution is 2.51. The Kier molecular flexibility index (Phi) is 4.27. The number of rotatable bonds is 2. The van der Waals surface area contributed by atoms with E-state index in [9.17, 15) is 4.79 Å². The van der Waals surface area contributed by atoms with Gasteiger partial charge in [0.1, 0.15) is 6.10 Å². The van der Waals surface area contributed by atoms with Crippen LogP contribution in [0.4, 0.5) is 0 Å². The standard InChI is InChI=1S/C23H25NO4/c1-15-20(28-19-9-5-4-8-18(19)27-15)22(25)24-21-17-7-3-2-6-16(17)14-23(21)10-12-26-13-11-23/h2-9,15,20-21H,10-14H2,1H3,(H,24,25). The predicted molar refractivity (Wildman–Crippen MR) is 104 cm³/mol. The highest BCUT2D eigenvalue weighted by molar-refractivity contribution is 5.83. The summed E-state index contributed by atoms with van der Waals surface area (Å²) < 4.78 is 17.6. The number of para-hydroxylation sites is 2. The van der Waals surface area contributed by atoms with E-state index in [1.165, 1.54) is 11.1 Å². The third-order valence-electron chi connectivity index (χ3n) is 6.40. The lowest BCUT2D eigenvalue weighted by Crippen LogP contribution is -2.52. The second-order valence-corrected chi connectivity index (χ2v) is 8.10. The van der Waals surface area contributed by atoms with Crippen molar-refractivity contribution in [2.24, 2.45) is 5.41 Å². The molecule has 1 fully saturated rings. The van der Waals surface area contributed by atoms with Crippen molar-refractivity contribution in [3.8, 4) is 11.5 Å². The van der Waals surface area contributed by atoms with Crippen LogP contribution in [0.5, 0.6) is 11.5 Å². The first-order valence-electron chi connectivity index (χ1n) is 10.0. The van der Waals surface area contributed by atoms with Crippen LogP contribution in [0.2, 0.25) is 0 Å². The molecule has 3 aliphatic rings. The van der Waals surface area contributed by atoms with Crippen LogP contribution in [0.3, 0.4) is 0 Å². The van der Waals surface area contributed by atoms with Crippen molar-refractivity contribution in [2.45, 2.75) is 44.4 Å². The first-order valence-corrected chi connectivity index (χ1v) is 10.0. The second kappa shape index (κ2) is 6.82. The van der Waals surface area contributed by atoms with Gasteiger partial charge in [0.15, 0.2) is 11.5 Å². The van der Waals surface area contributed by atoms with Crippen LogP contribution in [-0.2, 0) is 16.0 Å². The topological polar surface area (TPSA) is 56.8 Å². The Labute approximate surface area is 165 Å². The summed E-state index contributed by atoms with van der Waals surface area (Å²) in [6, 6.07) is 15.9. The van der Waals surface area contributed by atoms with Crippen molar-refractivity contribution in [1.29, 1.82) is 0 Å². The fraction of sp³-hybridized carbons (Fsp3) is 0.435. The Bertz CT molecular complexity index is 890. The first-order chi connectivity index (χ1) is 13.7. The number of ether oxygens (including phenoxy) is 3. The van der Waals surface area contributed by atoms with Gasteiger partial charge < -0.3 is 19.5 Å². The lowest BCUT2D eigenvalue weighted by Gasteiger charge is -2.40. The Morgan fingerprint density at radius 2 is 1.68 bits per heavy atom. The number of amides is 1. The summed E-state index contributed by atoms with van der Waals surface area (Å²) in [5.74, 6) is 1.19. The molecule has 146 valence electrons. The highest BCUT2D eigenvalue weighted by atomic mass is 16.6. The molecule has 28 heavy (non-hydrogen) atoms.